The minimum absolute atomic E-state index is 0.138. The second-order valence-electron chi connectivity index (χ2n) is 6.13. The average molecular weight is 310 g/mol. The lowest BCUT2D eigenvalue weighted by Gasteiger charge is -2.30. The number of aryl methyl sites for hydroxylation is 1. The molecule has 0 saturated carbocycles. The van der Waals surface area contributed by atoms with E-state index in [-0.39, 0.29) is 6.04 Å². The van der Waals surface area contributed by atoms with Crippen LogP contribution in [0, 0.1) is 25.2 Å². The Bertz CT molecular complexity index is 786. The van der Waals surface area contributed by atoms with Gasteiger partial charge in [0.05, 0.1) is 24.3 Å². The summed E-state index contributed by atoms with van der Waals surface area (Å²) in [5, 5.41) is 10.7. The first kappa shape index (κ1) is 15.7. The van der Waals surface area contributed by atoms with Gasteiger partial charge < -0.3 is 15.4 Å². The zero-order valence-corrected chi connectivity index (χ0v) is 13.9. The fourth-order valence-electron chi connectivity index (χ4n) is 3.37. The Balaban J connectivity index is 2.30. The molecule has 1 unspecified atom stereocenters. The molecule has 2 heterocycles. The third-order valence-electron chi connectivity index (χ3n) is 4.51. The molecule has 2 aromatic rings. The van der Waals surface area contributed by atoms with Gasteiger partial charge in [-0.1, -0.05) is 6.07 Å². The van der Waals surface area contributed by atoms with Gasteiger partial charge in [0.1, 0.15) is 11.9 Å². The maximum absolute atomic E-state index is 9.77. The highest BCUT2D eigenvalue weighted by atomic mass is 16.5. The number of rotatable bonds is 2. The Kier molecular flexibility index (Phi) is 4.20. The van der Waals surface area contributed by atoms with Crippen molar-refractivity contribution in [2.75, 3.05) is 31.2 Å². The smallest absolute Gasteiger partial charge is 0.133 e. The quantitative estimate of drug-likeness (QED) is 0.922. The Morgan fingerprint density at radius 3 is 2.61 bits per heavy atom. The molecule has 1 saturated heterocycles. The fraction of sp³-hybridized carbons (Fsp3) is 0.444. The van der Waals surface area contributed by atoms with Gasteiger partial charge in [0.2, 0.25) is 0 Å². The van der Waals surface area contributed by atoms with E-state index in [2.05, 4.69) is 11.0 Å². The van der Waals surface area contributed by atoms with Crippen molar-refractivity contribution >= 4 is 16.7 Å². The van der Waals surface area contributed by atoms with Crippen LogP contribution in [-0.2, 0) is 4.74 Å². The molecular formula is C18H22N4O. The molecule has 120 valence electrons. The third kappa shape index (κ3) is 2.65. The van der Waals surface area contributed by atoms with Crippen LogP contribution in [0.5, 0.6) is 0 Å². The van der Waals surface area contributed by atoms with Gasteiger partial charge in [0.25, 0.3) is 0 Å². The normalized spacial score (nSPS) is 16.4. The molecule has 5 heteroatoms. The summed E-state index contributed by atoms with van der Waals surface area (Å²) in [7, 11) is 0. The van der Waals surface area contributed by atoms with Gasteiger partial charge in [-0.3, -0.25) is 0 Å². The predicted molar refractivity (Wildman–Crippen MR) is 91.6 cm³/mol. The summed E-state index contributed by atoms with van der Waals surface area (Å²) in [6, 6.07) is 6.27. The molecule has 0 amide bonds. The van der Waals surface area contributed by atoms with Crippen molar-refractivity contribution in [2.24, 2.45) is 5.73 Å². The zero-order chi connectivity index (χ0) is 16.6. The van der Waals surface area contributed by atoms with E-state index in [1.54, 1.807) is 0 Å². The standard InChI is InChI=1S/C18H22N4O/c1-11-4-5-15-17(16(11)13(3)20)14(10-19)12(2)18(21-15)22-6-8-23-9-7-22/h4-5,13H,6-9,20H2,1-3H3. The largest absolute Gasteiger partial charge is 0.378 e. The SMILES string of the molecule is Cc1ccc2nc(N3CCOCC3)c(C)c(C#N)c2c1C(C)N. The van der Waals surface area contributed by atoms with Gasteiger partial charge >= 0.3 is 0 Å². The van der Waals surface area contributed by atoms with Gasteiger partial charge in [0, 0.05) is 30.1 Å². The van der Waals surface area contributed by atoms with E-state index >= 15 is 0 Å². The minimum atomic E-state index is -0.138. The van der Waals surface area contributed by atoms with Crippen molar-refractivity contribution in [3.8, 4) is 6.07 Å². The number of nitrogens with zero attached hydrogens (tertiary/aromatic N) is 3. The third-order valence-corrected chi connectivity index (χ3v) is 4.51. The van der Waals surface area contributed by atoms with Crippen LogP contribution in [0.3, 0.4) is 0 Å². The van der Waals surface area contributed by atoms with E-state index in [0.717, 1.165) is 46.5 Å². The summed E-state index contributed by atoms with van der Waals surface area (Å²) >= 11 is 0. The highest BCUT2D eigenvalue weighted by molar-refractivity contribution is 5.92. The molecule has 1 aromatic carbocycles. The van der Waals surface area contributed by atoms with E-state index in [9.17, 15) is 5.26 Å². The molecule has 5 nitrogen and oxygen atoms in total. The summed E-state index contributed by atoms with van der Waals surface area (Å²) in [5.41, 5.74) is 10.7. The molecule has 0 radical (unpaired) electrons. The van der Waals surface area contributed by atoms with E-state index < -0.39 is 0 Å². The van der Waals surface area contributed by atoms with Crippen molar-refractivity contribution in [3.63, 3.8) is 0 Å². The molecule has 0 bridgehead atoms. The van der Waals surface area contributed by atoms with E-state index in [4.69, 9.17) is 15.5 Å². The van der Waals surface area contributed by atoms with Gasteiger partial charge in [0.15, 0.2) is 0 Å². The molecule has 1 atom stereocenters. The Morgan fingerprint density at radius 1 is 1.30 bits per heavy atom. The number of ether oxygens (including phenoxy) is 1. The van der Waals surface area contributed by atoms with Crippen molar-refractivity contribution < 1.29 is 4.74 Å². The van der Waals surface area contributed by atoms with Crippen molar-refractivity contribution in [1.29, 1.82) is 5.26 Å². The predicted octanol–water partition coefficient (Wildman–Crippen LogP) is 2.58. The highest BCUT2D eigenvalue weighted by Crippen LogP contribution is 2.34. The van der Waals surface area contributed by atoms with Crippen LogP contribution in [0.15, 0.2) is 12.1 Å². The molecule has 0 aliphatic carbocycles. The molecule has 1 aliphatic rings. The molecule has 1 fully saturated rings. The monoisotopic (exact) mass is 310 g/mol. The van der Waals surface area contributed by atoms with Crippen LogP contribution in [0.4, 0.5) is 5.82 Å². The van der Waals surface area contributed by atoms with E-state index in [1.165, 1.54) is 0 Å². The van der Waals surface area contributed by atoms with Crippen LogP contribution >= 0.6 is 0 Å². The van der Waals surface area contributed by atoms with Gasteiger partial charge in [-0.05, 0) is 38.0 Å². The number of morpholine rings is 1. The number of anilines is 1. The number of fused-ring (bicyclic) bond motifs is 1. The minimum Gasteiger partial charge on any atom is -0.378 e. The lowest BCUT2D eigenvalue weighted by Crippen LogP contribution is -2.37. The summed E-state index contributed by atoms with van der Waals surface area (Å²) in [6.07, 6.45) is 0. The van der Waals surface area contributed by atoms with E-state index in [0.29, 0.717) is 18.8 Å². The number of pyridine rings is 1. The second-order valence-corrected chi connectivity index (χ2v) is 6.13. The van der Waals surface area contributed by atoms with Crippen molar-refractivity contribution in [1.82, 2.24) is 4.98 Å². The van der Waals surface area contributed by atoms with Crippen molar-refractivity contribution in [3.05, 3.63) is 34.4 Å². The molecular weight excluding hydrogens is 288 g/mol. The maximum Gasteiger partial charge on any atom is 0.133 e. The maximum atomic E-state index is 9.77. The summed E-state index contributed by atoms with van der Waals surface area (Å²) < 4.78 is 5.42. The number of hydrogen-bond acceptors (Lipinski definition) is 5. The molecule has 1 aliphatic heterocycles. The zero-order valence-electron chi connectivity index (χ0n) is 13.9. The Morgan fingerprint density at radius 2 is 2.00 bits per heavy atom. The van der Waals surface area contributed by atoms with E-state index in [1.807, 2.05) is 32.9 Å². The Labute approximate surface area is 136 Å². The fourth-order valence-corrected chi connectivity index (χ4v) is 3.37. The molecule has 2 N–H and O–H groups in total. The first-order valence-corrected chi connectivity index (χ1v) is 7.96. The number of aromatic nitrogens is 1. The number of nitrogens with two attached hydrogens (primary N) is 1. The van der Waals surface area contributed by atoms with Crippen LogP contribution in [0.1, 0.15) is 35.2 Å². The molecule has 1 aromatic heterocycles. The van der Waals surface area contributed by atoms with Crippen LogP contribution in [-0.4, -0.2) is 31.3 Å². The summed E-state index contributed by atoms with van der Waals surface area (Å²) in [5.74, 6) is 0.886. The van der Waals surface area contributed by atoms with Gasteiger partial charge in [-0.2, -0.15) is 5.26 Å². The molecule has 0 spiro atoms. The summed E-state index contributed by atoms with van der Waals surface area (Å²) in [4.78, 5) is 7.05. The van der Waals surface area contributed by atoms with Crippen molar-refractivity contribution in [2.45, 2.75) is 26.8 Å². The number of hydrogen-bond donors (Lipinski definition) is 1. The first-order valence-electron chi connectivity index (χ1n) is 7.96. The second kappa shape index (κ2) is 6.15. The topological polar surface area (TPSA) is 75.2 Å². The number of nitriles is 1. The lowest BCUT2D eigenvalue weighted by atomic mass is 9.92. The lowest BCUT2D eigenvalue weighted by molar-refractivity contribution is 0.122. The first-order chi connectivity index (χ1) is 11.0. The number of benzene rings is 1. The van der Waals surface area contributed by atoms with Crippen LogP contribution < -0.4 is 10.6 Å². The molecule has 3 rings (SSSR count). The Hall–Kier alpha value is -2.16. The van der Waals surface area contributed by atoms with Crippen LogP contribution in [0.25, 0.3) is 10.9 Å². The summed E-state index contributed by atoms with van der Waals surface area (Å²) in [6.45, 7) is 8.95. The average Bonchev–Trinajstić information content (AvgIpc) is 2.55. The van der Waals surface area contributed by atoms with Crippen LogP contribution in [0.2, 0.25) is 0 Å². The highest BCUT2D eigenvalue weighted by Gasteiger charge is 2.22. The molecule has 23 heavy (non-hydrogen) atoms. The van der Waals surface area contributed by atoms with Gasteiger partial charge in [-0.25, -0.2) is 4.98 Å². The van der Waals surface area contributed by atoms with Gasteiger partial charge in [-0.15, -0.1) is 0 Å².